The highest BCUT2D eigenvalue weighted by Crippen LogP contribution is 2.36. The quantitative estimate of drug-likeness (QED) is 0.680. The molecule has 0 spiro atoms. The van der Waals surface area contributed by atoms with Gasteiger partial charge in [-0.2, -0.15) is 0 Å². The summed E-state index contributed by atoms with van der Waals surface area (Å²) in [5.41, 5.74) is 0.285. The largest absolute Gasteiger partial charge is 0.345 e. The molecule has 1 heterocycles. The Kier molecular flexibility index (Phi) is 4.45. The third kappa shape index (κ3) is 3.93. The summed E-state index contributed by atoms with van der Waals surface area (Å²) in [5, 5.41) is 6.13. The van der Waals surface area contributed by atoms with Crippen molar-refractivity contribution < 1.29 is 9.59 Å². The fourth-order valence-electron chi connectivity index (χ4n) is 3.00. The van der Waals surface area contributed by atoms with Gasteiger partial charge in [-0.1, -0.05) is 13.8 Å². The van der Waals surface area contributed by atoms with Crippen molar-refractivity contribution in [2.75, 3.05) is 26.2 Å². The second-order valence-corrected chi connectivity index (χ2v) is 6.47. The van der Waals surface area contributed by atoms with E-state index in [1.807, 2.05) is 0 Å². The van der Waals surface area contributed by atoms with Crippen LogP contribution in [-0.2, 0) is 9.59 Å². The van der Waals surface area contributed by atoms with Crippen LogP contribution in [0.2, 0.25) is 0 Å². The summed E-state index contributed by atoms with van der Waals surface area (Å²) in [6.07, 6.45) is 3.97. The van der Waals surface area contributed by atoms with Crippen molar-refractivity contribution in [1.82, 2.24) is 15.5 Å². The van der Waals surface area contributed by atoms with Crippen LogP contribution in [0.15, 0.2) is 0 Å². The highest BCUT2D eigenvalue weighted by Gasteiger charge is 2.33. The van der Waals surface area contributed by atoms with E-state index in [1.165, 1.54) is 0 Å². The van der Waals surface area contributed by atoms with E-state index in [-0.39, 0.29) is 17.4 Å². The normalized spacial score (nSPS) is 26.8. The van der Waals surface area contributed by atoms with Crippen LogP contribution in [0.25, 0.3) is 0 Å². The average molecular weight is 267 g/mol. The second-order valence-electron chi connectivity index (χ2n) is 6.47. The first kappa shape index (κ1) is 14.3. The van der Waals surface area contributed by atoms with Crippen LogP contribution >= 0.6 is 0 Å². The molecule has 2 rings (SSSR count). The van der Waals surface area contributed by atoms with Crippen LogP contribution in [0.4, 0.5) is 0 Å². The SMILES string of the molecule is CC1(C)CCC(NC(=O)C(=O)N2CCCNCC2)C1. The van der Waals surface area contributed by atoms with E-state index in [1.54, 1.807) is 4.90 Å². The van der Waals surface area contributed by atoms with E-state index in [0.717, 1.165) is 38.8 Å². The molecule has 2 N–H and O–H groups in total. The Bertz CT molecular complexity index is 347. The first-order chi connectivity index (χ1) is 8.98. The molecule has 2 aliphatic rings. The van der Waals surface area contributed by atoms with Crippen molar-refractivity contribution in [2.45, 2.75) is 45.6 Å². The summed E-state index contributed by atoms with van der Waals surface area (Å²) in [5.74, 6) is -0.794. The first-order valence-corrected chi connectivity index (χ1v) is 7.28. The molecule has 0 aromatic carbocycles. The highest BCUT2D eigenvalue weighted by atomic mass is 16.2. The zero-order valence-corrected chi connectivity index (χ0v) is 12.0. The Balaban J connectivity index is 1.83. The number of hydrogen-bond acceptors (Lipinski definition) is 3. The molecule has 0 radical (unpaired) electrons. The number of nitrogens with one attached hydrogen (secondary N) is 2. The zero-order chi connectivity index (χ0) is 13.9. The molecular formula is C14H25N3O2. The lowest BCUT2D eigenvalue weighted by atomic mass is 9.92. The molecule has 1 unspecified atom stereocenters. The van der Waals surface area contributed by atoms with Crippen LogP contribution in [0.5, 0.6) is 0 Å². The standard InChI is InChI=1S/C14H25N3O2/c1-14(2)5-4-11(10-14)16-12(18)13(19)17-8-3-6-15-7-9-17/h11,15H,3-10H2,1-2H3,(H,16,18). The summed E-state index contributed by atoms with van der Waals surface area (Å²) in [4.78, 5) is 25.7. The Labute approximate surface area is 115 Å². The van der Waals surface area contributed by atoms with Crippen molar-refractivity contribution in [3.8, 4) is 0 Å². The molecule has 1 atom stereocenters. The van der Waals surface area contributed by atoms with E-state index in [0.29, 0.717) is 13.1 Å². The summed E-state index contributed by atoms with van der Waals surface area (Å²) < 4.78 is 0. The van der Waals surface area contributed by atoms with E-state index < -0.39 is 5.91 Å². The van der Waals surface area contributed by atoms with Crippen LogP contribution in [0, 0.1) is 5.41 Å². The topological polar surface area (TPSA) is 61.4 Å². The fourth-order valence-corrected chi connectivity index (χ4v) is 3.00. The lowest BCUT2D eigenvalue weighted by molar-refractivity contribution is -0.146. The van der Waals surface area contributed by atoms with Gasteiger partial charge in [-0.05, 0) is 37.6 Å². The molecule has 5 heteroatoms. The number of nitrogens with zero attached hydrogens (tertiary/aromatic N) is 1. The molecule has 1 saturated carbocycles. The molecule has 0 aromatic rings. The van der Waals surface area contributed by atoms with Crippen molar-refractivity contribution in [3.05, 3.63) is 0 Å². The van der Waals surface area contributed by atoms with Gasteiger partial charge in [0.2, 0.25) is 0 Å². The second kappa shape index (κ2) is 5.90. The Morgan fingerprint density at radius 2 is 2.05 bits per heavy atom. The fraction of sp³-hybridized carbons (Fsp3) is 0.857. The number of amides is 2. The molecule has 0 bridgehead atoms. The molecule has 2 amide bonds. The van der Waals surface area contributed by atoms with Gasteiger partial charge in [-0.15, -0.1) is 0 Å². The van der Waals surface area contributed by atoms with E-state index in [9.17, 15) is 9.59 Å². The van der Waals surface area contributed by atoms with Crippen LogP contribution in [0.3, 0.4) is 0 Å². The third-order valence-corrected chi connectivity index (χ3v) is 4.13. The molecule has 1 aliphatic carbocycles. The highest BCUT2D eigenvalue weighted by molar-refractivity contribution is 6.35. The van der Waals surface area contributed by atoms with E-state index in [4.69, 9.17) is 0 Å². The molecule has 19 heavy (non-hydrogen) atoms. The van der Waals surface area contributed by atoms with Gasteiger partial charge in [-0.25, -0.2) is 0 Å². The summed E-state index contributed by atoms with van der Waals surface area (Å²) in [7, 11) is 0. The maximum Gasteiger partial charge on any atom is 0.311 e. The molecular weight excluding hydrogens is 242 g/mol. The monoisotopic (exact) mass is 267 g/mol. The zero-order valence-electron chi connectivity index (χ0n) is 12.0. The van der Waals surface area contributed by atoms with Gasteiger partial charge in [-0.3, -0.25) is 9.59 Å². The van der Waals surface area contributed by atoms with Crippen molar-refractivity contribution >= 4 is 11.8 Å². The molecule has 1 aliphatic heterocycles. The lowest BCUT2D eigenvalue weighted by Gasteiger charge is -2.21. The van der Waals surface area contributed by atoms with Crippen molar-refractivity contribution in [1.29, 1.82) is 0 Å². The Hall–Kier alpha value is -1.10. The predicted molar refractivity (Wildman–Crippen MR) is 73.6 cm³/mol. The molecule has 0 aromatic heterocycles. The maximum absolute atomic E-state index is 12.1. The van der Waals surface area contributed by atoms with Gasteiger partial charge < -0.3 is 15.5 Å². The third-order valence-electron chi connectivity index (χ3n) is 4.13. The van der Waals surface area contributed by atoms with E-state index >= 15 is 0 Å². The summed E-state index contributed by atoms with van der Waals surface area (Å²) in [6.45, 7) is 7.42. The van der Waals surface area contributed by atoms with Gasteiger partial charge in [0.05, 0.1) is 0 Å². The van der Waals surface area contributed by atoms with Gasteiger partial charge in [0.25, 0.3) is 0 Å². The van der Waals surface area contributed by atoms with E-state index in [2.05, 4.69) is 24.5 Å². The number of hydrogen-bond donors (Lipinski definition) is 2. The van der Waals surface area contributed by atoms with Crippen molar-refractivity contribution in [2.24, 2.45) is 5.41 Å². The molecule has 2 fully saturated rings. The maximum atomic E-state index is 12.1. The Morgan fingerprint density at radius 1 is 1.26 bits per heavy atom. The first-order valence-electron chi connectivity index (χ1n) is 7.28. The summed E-state index contributed by atoms with van der Waals surface area (Å²) >= 11 is 0. The van der Waals surface area contributed by atoms with Gasteiger partial charge in [0, 0.05) is 25.7 Å². The van der Waals surface area contributed by atoms with Crippen LogP contribution in [-0.4, -0.2) is 48.9 Å². The van der Waals surface area contributed by atoms with Crippen molar-refractivity contribution in [3.63, 3.8) is 0 Å². The number of carbonyl (C=O) groups is 2. The minimum atomic E-state index is -0.426. The van der Waals surface area contributed by atoms with Gasteiger partial charge in [0.15, 0.2) is 0 Å². The predicted octanol–water partition coefficient (Wildman–Crippen LogP) is 0.503. The minimum Gasteiger partial charge on any atom is -0.345 e. The van der Waals surface area contributed by atoms with Crippen LogP contribution in [0.1, 0.15) is 39.5 Å². The molecule has 108 valence electrons. The molecule has 5 nitrogen and oxygen atoms in total. The summed E-state index contributed by atoms with van der Waals surface area (Å²) in [6, 6.07) is 0.163. The smallest absolute Gasteiger partial charge is 0.311 e. The van der Waals surface area contributed by atoms with Gasteiger partial charge in [0.1, 0.15) is 0 Å². The van der Waals surface area contributed by atoms with Crippen LogP contribution < -0.4 is 10.6 Å². The number of carbonyl (C=O) groups excluding carboxylic acids is 2. The molecule has 1 saturated heterocycles. The van der Waals surface area contributed by atoms with Gasteiger partial charge >= 0.3 is 11.8 Å². The minimum absolute atomic E-state index is 0.163. The average Bonchev–Trinajstić information content (AvgIpc) is 2.59. The number of rotatable bonds is 1. The lowest BCUT2D eigenvalue weighted by Crippen LogP contribution is -2.47. The Morgan fingerprint density at radius 3 is 2.74 bits per heavy atom.